The fraction of sp³-hybridized carbons (Fsp3) is 0.150. The molecule has 0 atom stereocenters. The molecule has 0 aliphatic carbocycles. The van der Waals surface area contributed by atoms with Crippen LogP contribution in [0.15, 0.2) is 59.4 Å². The summed E-state index contributed by atoms with van der Waals surface area (Å²) in [5.41, 5.74) is -0.0899. The van der Waals surface area contributed by atoms with E-state index in [-0.39, 0.29) is 5.69 Å². The summed E-state index contributed by atoms with van der Waals surface area (Å²) >= 11 is 0. The molecule has 0 radical (unpaired) electrons. The molecule has 0 aliphatic rings. The van der Waals surface area contributed by atoms with Crippen molar-refractivity contribution < 1.29 is 18.0 Å². The molecule has 1 heterocycles. The lowest BCUT2D eigenvalue weighted by Crippen LogP contribution is -2.27. The van der Waals surface area contributed by atoms with Crippen LogP contribution in [0.1, 0.15) is 27.3 Å². The normalized spacial score (nSPS) is 11.3. The highest BCUT2D eigenvalue weighted by atomic mass is 19.4. The molecule has 0 saturated carbocycles. The number of carbonyl (C=O) groups excluding carboxylic acids is 1. The zero-order chi connectivity index (χ0) is 20.5. The summed E-state index contributed by atoms with van der Waals surface area (Å²) in [6, 6.07) is 12.6. The van der Waals surface area contributed by atoms with Gasteiger partial charge in [-0.05, 0) is 49.7 Å². The monoisotopic (exact) mass is 387 g/mol. The number of amides is 1. The van der Waals surface area contributed by atoms with Crippen molar-refractivity contribution in [2.45, 2.75) is 20.0 Å². The molecule has 0 fully saturated rings. The molecular formula is C20H16F3N3O2. The molecular weight excluding hydrogens is 371 g/mol. The molecule has 0 aliphatic heterocycles. The summed E-state index contributed by atoms with van der Waals surface area (Å²) in [4.78, 5) is 24.7. The number of alkyl halides is 3. The third-order valence-corrected chi connectivity index (χ3v) is 4.02. The lowest BCUT2D eigenvalue weighted by molar-refractivity contribution is -0.137. The first-order chi connectivity index (χ1) is 13.1. The highest BCUT2D eigenvalue weighted by Crippen LogP contribution is 2.30. The van der Waals surface area contributed by atoms with Crippen LogP contribution in [0.4, 0.5) is 18.9 Å². The fourth-order valence-corrected chi connectivity index (χ4v) is 2.69. The van der Waals surface area contributed by atoms with E-state index in [4.69, 9.17) is 0 Å². The number of aromatic nitrogens is 2. The maximum atomic E-state index is 13.0. The average Bonchev–Trinajstić information content (AvgIpc) is 2.61. The van der Waals surface area contributed by atoms with E-state index in [1.54, 1.807) is 18.2 Å². The predicted octanol–water partition coefficient (Wildman–Crippen LogP) is 4.12. The Labute approximate surface area is 158 Å². The van der Waals surface area contributed by atoms with Crippen molar-refractivity contribution in [3.8, 4) is 5.69 Å². The molecule has 5 nitrogen and oxygen atoms in total. The maximum absolute atomic E-state index is 13.0. The van der Waals surface area contributed by atoms with Gasteiger partial charge in [-0.15, -0.1) is 0 Å². The Morgan fingerprint density at radius 2 is 1.75 bits per heavy atom. The van der Waals surface area contributed by atoms with Crippen LogP contribution in [0, 0.1) is 13.8 Å². The number of rotatable bonds is 3. The Hall–Kier alpha value is -3.42. The molecule has 1 aromatic heterocycles. The Balaban J connectivity index is 2.02. The minimum Gasteiger partial charge on any atom is -0.320 e. The van der Waals surface area contributed by atoms with Gasteiger partial charge in [-0.25, -0.2) is 4.68 Å². The molecule has 0 saturated heterocycles. The van der Waals surface area contributed by atoms with Gasteiger partial charge >= 0.3 is 6.18 Å². The van der Waals surface area contributed by atoms with Gasteiger partial charge < -0.3 is 5.32 Å². The van der Waals surface area contributed by atoms with Gasteiger partial charge in [0.15, 0.2) is 5.69 Å². The van der Waals surface area contributed by atoms with Gasteiger partial charge in [-0.1, -0.05) is 18.2 Å². The molecule has 1 amide bonds. The highest BCUT2D eigenvalue weighted by Gasteiger charge is 2.30. The lowest BCUT2D eigenvalue weighted by Gasteiger charge is -2.13. The van der Waals surface area contributed by atoms with Crippen molar-refractivity contribution in [1.29, 1.82) is 0 Å². The lowest BCUT2D eigenvalue weighted by atomic mass is 10.2. The SMILES string of the molecule is Cc1cccc(NC(=O)c2nn(-c3cccc(C(F)(F)F)c3)c(C)cc2=O)c1. The van der Waals surface area contributed by atoms with Gasteiger partial charge in [-0.3, -0.25) is 9.59 Å². The van der Waals surface area contributed by atoms with Crippen molar-refractivity contribution in [3.05, 3.63) is 87.3 Å². The number of nitrogens with one attached hydrogen (secondary N) is 1. The zero-order valence-electron chi connectivity index (χ0n) is 15.0. The molecule has 28 heavy (non-hydrogen) atoms. The van der Waals surface area contributed by atoms with Crippen LogP contribution in [0.2, 0.25) is 0 Å². The maximum Gasteiger partial charge on any atom is 0.416 e. The number of halogens is 3. The summed E-state index contributed by atoms with van der Waals surface area (Å²) in [5, 5.41) is 6.59. The van der Waals surface area contributed by atoms with Crippen molar-refractivity contribution in [1.82, 2.24) is 9.78 Å². The van der Waals surface area contributed by atoms with Crippen LogP contribution in [0.5, 0.6) is 0 Å². The standard InChI is InChI=1S/C20H16F3N3O2/c1-12-5-3-7-15(9-12)24-19(28)18-17(27)10-13(2)26(25-18)16-8-4-6-14(11-16)20(21,22)23/h3-11H,1-2H3,(H,24,28). The predicted molar refractivity (Wildman–Crippen MR) is 98.7 cm³/mol. The topological polar surface area (TPSA) is 64.0 Å². The average molecular weight is 387 g/mol. The zero-order valence-corrected chi connectivity index (χ0v) is 15.0. The second-order valence-corrected chi connectivity index (χ2v) is 6.28. The van der Waals surface area contributed by atoms with Crippen LogP contribution in [-0.4, -0.2) is 15.7 Å². The summed E-state index contributed by atoms with van der Waals surface area (Å²) in [6.07, 6.45) is -4.52. The van der Waals surface area contributed by atoms with Crippen LogP contribution in [-0.2, 0) is 6.18 Å². The van der Waals surface area contributed by atoms with E-state index in [9.17, 15) is 22.8 Å². The van der Waals surface area contributed by atoms with Gasteiger partial charge in [0.25, 0.3) is 5.91 Å². The van der Waals surface area contributed by atoms with Crippen LogP contribution in [0.25, 0.3) is 5.69 Å². The molecule has 3 aromatic rings. The highest BCUT2D eigenvalue weighted by molar-refractivity contribution is 6.02. The molecule has 3 rings (SSSR count). The van der Waals surface area contributed by atoms with Crippen molar-refractivity contribution in [2.75, 3.05) is 5.32 Å². The van der Waals surface area contributed by atoms with Crippen molar-refractivity contribution in [3.63, 3.8) is 0 Å². The van der Waals surface area contributed by atoms with E-state index < -0.39 is 28.8 Å². The van der Waals surface area contributed by atoms with Crippen LogP contribution < -0.4 is 10.7 Å². The first-order valence-electron chi connectivity index (χ1n) is 8.32. The van der Waals surface area contributed by atoms with E-state index in [1.807, 2.05) is 13.0 Å². The Morgan fingerprint density at radius 1 is 1.04 bits per heavy atom. The molecule has 8 heteroatoms. The summed E-state index contributed by atoms with van der Waals surface area (Å²) in [6.45, 7) is 3.37. The van der Waals surface area contributed by atoms with E-state index in [1.165, 1.54) is 25.1 Å². The number of aryl methyl sites for hydroxylation is 2. The van der Waals surface area contributed by atoms with E-state index in [0.29, 0.717) is 11.4 Å². The number of nitrogens with zero attached hydrogens (tertiary/aromatic N) is 2. The van der Waals surface area contributed by atoms with Gasteiger partial charge in [0, 0.05) is 17.4 Å². The third kappa shape index (κ3) is 4.11. The molecule has 0 unspecified atom stereocenters. The van der Waals surface area contributed by atoms with E-state index >= 15 is 0 Å². The first-order valence-corrected chi connectivity index (χ1v) is 8.32. The molecule has 1 N–H and O–H groups in total. The second kappa shape index (κ2) is 7.30. The number of carbonyl (C=O) groups is 1. The van der Waals surface area contributed by atoms with Crippen molar-refractivity contribution >= 4 is 11.6 Å². The van der Waals surface area contributed by atoms with E-state index in [2.05, 4.69) is 10.4 Å². The van der Waals surface area contributed by atoms with Crippen LogP contribution >= 0.6 is 0 Å². The Kier molecular flexibility index (Phi) is 5.04. The number of anilines is 1. The minimum absolute atomic E-state index is 0.0944. The Bertz CT molecular complexity index is 1100. The summed E-state index contributed by atoms with van der Waals surface area (Å²) in [5.74, 6) is -0.740. The largest absolute Gasteiger partial charge is 0.416 e. The second-order valence-electron chi connectivity index (χ2n) is 6.28. The molecule has 2 aromatic carbocycles. The molecule has 0 bridgehead atoms. The number of benzene rings is 2. The van der Waals surface area contributed by atoms with Crippen molar-refractivity contribution in [2.24, 2.45) is 0 Å². The number of hydrogen-bond acceptors (Lipinski definition) is 3. The first kappa shape index (κ1) is 19.3. The van der Waals surface area contributed by atoms with Gasteiger partial charge in [0.05, 0.1) is 11.3 Å². The Morgan fingerprint density at radius 3 is 2.43 bits per heavy atom. The quantitative estimate of drug-likeness (QED) is 0.735. The van der Waals surface area contributed by atoms with Gasteiger partial charge in [0.1, 0.15) is 0 Å². The molecule has 144 valence electrons. The fourth-order valence-electron chi connectivity index (χ4n) is 2.69. The van der Waals surface area contributed by atoms with Gasteiger partial charge in [0.2, 0.25) is 5.43 Å². The smallest absolute Gasteiger partial charge is 0.320 e. The van der Waals surface area contributed by atoms with E-state index in [0.717, 1.165) is 22.4 Å². The van der Waals surface area contributed by atoms with Gasteiger partial charge in [-0.2, -0.15) is 18.3 Å². The minimum atomic E-state index is -4.52. The summed E-state index contributed by atoms with van der Waals surface area (Å²) < 4.78 is 40.1. The third-order valence-electron chi connectivity index (χ3n) is 4.02. The molecule has 0 spiro atoms. The summed E-state index contributed by atoms with van der Waals surface area (Å²) in [7, 11) is 0. The van der Waals surface area contributed by atoms with Crippen LogP contribution in [0.3, 0.4) is 0 Å². The number of hydrogen-bond donors (Lipinski definition) is 1.